The van der Waals surface area contributed by atoms with Crippen molar-refractivity contribution in [2.24, 2.45) is 0 Å². The third-order valence-electron chi connectivity index (χ3n) is 4.38. The Morgan fingerprint density at radius 3 is 2.35 bits per heavy atom. The lowest BCUT2D eigenvalue weighted by molar-refractivity contribution is -0.127. The molecular formula is C22H22F2N4O2S. The van der Waals surface area contributed by atoms with Crippen LogP contribution in [0.3, 0.4) is 0 Å². The van der Waals surface area contributed by atoms with Crippen LogP contribution >= 0.6 is 11.5 Å². The van der Waals surface area contributed by atoms with E-state index in [-0.39, 0.29) is 17.8 Å². The first-order valence-corrected chi connectivity index (χ1v) is 10.4. The van der Waals surface area contributed by atoms with Gasteiger partial charge in [-0.3, -0.25) is 9.59 Å². The lowest BCUT2D eigenvalue weighted by Gasteiger charge is -2.33. The Morgan fingerprint density at radius 2 is 1.77 bits per heavy atom. The van der Waals surface area contributed by atoms with Crippen LogP contribution in [0.5, 0.6) is 0 Å². The summed E-state index contributed by atoms with van der Waals surface area (Å²) in [5.74, 6) is -2.05. The fourth-order valence-electron chi connectivity index (χ4n) is 3.05. The Hall–Kier alpha value is -3.20. The van der Waals surface area contributed by atoms with Crippen molar-refractivity contribution >= 4 is 23.3 Å². The van der Waals surface area contributed by atoms with Crippen molar-refractivity contribution in [3.8, 4) is 0 Å². The molecule has 6 nitrogen and oxygen atoms in total. The van der Waals surface area contributed by atoms with E-state index < -0.39 is 35.0 Å². The van der Waals surface area contributed by atoms with E-state index in [0.29, 0.717) is 5.56 Å². The van der Waals surface area contributed by atoms with Gasteiger partial charge in [-0.25, -0.2) is 8.78 Å². The van der Waals surface area contributed by atoms with Crippen LogP contribution in [0, 0.1) is 11.6 Å². The monoisotopic (exact) mass is 444 g/mol. The van der Waals surface area contributed by atoms with Crippen molar-refractivity contribution in [3.63, 3.8) is 0 Å². The van der Waals surface area contributed by atoms with E-state index in [2.05, 4.69) is 14.9 Å². The minimum absolute atomic E-state index is 0.0389. The van der Waals surface area contributed by atoms with E-state index in [1.807, 2.05) is 0 Å². The summed E-state index contributed by atoms with van der Waals surface area (Å²) >= 11 is 0.990. The first-order valence-electron chi connectivity index (χ1n) is 9.54. The molecule has 0 aliphatic heterocycles. The third-order valence-corrected chi connectivity index (χ3v) is 4.89. The van der Waals surface area contributed by atoms with E-state index in [9.17, 15) is 18.4 Å². The molecule has 0 spiro atoms. The van der Waals surface area contributed by atoms with E-state index >= 15 is 0 Å². The SMILES string of the molecule is CC(C)(C)NC(=O)[C@H](c1ccc(F)cc1)N(Cc1ccccc1F)C(=O)c1csnn1. The van der Waals surface area contributed by atoms with Crippen molar-refractivity contribution in [3.05, 3.63) is 82.4 Å². The summed E-state index contributed by atoms with van der Waals surface area (Å²) in [5, 5.41) is 8.14. The highest BCUT2D eigenvalue weighted by Crippen LogP contribution is 2.27. The molecule has 0 bridgehead atoms. The predicted octanol–water partition coefficient (Wildman–Crippen LogP) is 4.11. The molecule has 1 aromatic heterocycles. The maximum absolute atomic E-state index is 14.4. The van der Waals surface area contributed by atoms with Crippen LogP contribution in [0.25, 0.3) is 0 Å². The smallest absolute Gasteiger partial charge is 0.276 e. The van der Waals surface area contributed by atoms with Gasteiger partial charge in [0.15, 0.2) is 5.69 Å². The van der Waals surface area contributed by atoms with Crippen LogP contribution in [-0.2, 0) is 11.3 Å². The second kappa shape index (κ2) is 9.30. The molecule has 0 fully saturated rings. The van der Waals surface area contributed by atoms with Crippen molar-refractivity contribution in [2.75, 3.05) is 0 Å². The highest BCUT2D eigenvalue weighted by atomic mass is 32.1. The van der Waals surface area contributed by atoms with Gasteiger partial charge < -0.3 is 10.2 Å². The molecule has 0 saturated heterocycles. The van der Waals surface area contributed by atoms with Gasteiger partial charge in [-0.1, -0.05) is 34.8 Å². The van der Waals surface area contributed by atoms with Crippen molar-refractivity contribution in [1.82, 2.24) is 19.8 Å². The number of hydrogen-bond acceptors (Lipinski definition) is 5. The normalized spacial score (nSPS) is 12.3. The second-order valence-electron chi connectivity index (χ2n) is 8.01. The van der Waals surface area contributed by atoms with Gasteiger partial charge in [0.05, 0.1) is 6.54 Å². The Labute approximate surface area is 183 Å². The lowest BCUT2D eigenvalue weighted by atomic mass is 10.0. The highest BCUT2D eigenvalue weighted by Gasteiger charge is 2.35. The number of carbonyl (C=O) groups excluding carboxylic acids is 2. The van der Waals surface area contributed by atoms with Gasteiger partial charge >= 0.3 is 0 Å². The molecule has 1 N–H and O–H groups in total. The minimum Gasteiger partial charge on any atom is -0.349 e. The van der Waals surface area contributed by atoms with Crippen LogP contribution in [0.4, 0.5) is 8.78 Å². The number of halogens is 2. The quantitative estimate of drug-likeness (QED) is 0.621. The number of nitrogens with one attached hydrogen (secondary N) is 1. The van der Waals surface area contributed by atoms with E-state index in [0.717, 1.165) is 11.5 Å². The summed E-state index contributed by atoms with van der Waals surface area (Å²) in [6.07, 6.45) is 0. The van der Waals surface area contributed by atoms with Gasteiger partial charge in [-0.2, -0.15) is 0 Å². The van der Waals surface area contributed by atoms with E-state index in [1.165, 1.54) is 46.7 Å². The van der Waals surface area contributed by atoms with Crippen LogP contribution in [0.15, 0.2) is 53.9 Å². The highest BCUT2D eigenvalue weighted by molar-refractivity contribution is 7.03. The van der Waals surface area contributed by atoms with E-state index in [4.69, 9.17) is 0 Å². The minimum atomic E-state index is -1.14. The molecule has 1 heterocycles. The molecule has 0 saturated carbocycles. The number of hydrogen-bond donors (Lipinski definition) is 1. The number of amides is 2. The summed E-state index contributed by atoms with van der Waals surface area (Å²) in [4.78, 5) is 27.9. The summed E-state index contributed by atoms with van der Waals surface area (Å²) < 4.78 is 31.7. The summed E-state index contributed by atoms with van der Waals surface area (Å²) in [6.45, 7) is 5.22. The second-order valence-corrected chi connectivity index (χ2v) is 8.62. The third kappa shape index (κ3) is 5.69. The molecule has 162 valence electrons. The summed E-state index contributed by atoms with van der Waals surface area (Å²) in [7, 11) is 0. The largest absolute Gasteiger partial charge is 0.349 e. The molecule has 3 aromatic rings. The maximum Gasteiger partial charge on any atom is 0.276 e. The Balaban J connectivity index is 2.10. The fourth-order valence-corrected chi connectivity index (χ4v) is 3.48. The topological polar surface area (TPSA) is 75.2 Å². The van der Waals surface area contributed by atoms with Crippen molar-refractivity contribution in [2.45, 2.75) is 38.9 Å². The first-order chi connectivity index (χ1) is 14.7. The lowest BCUT2D eigenvalue weighted by Crippen LogP contribution is -2.49. The van der Waals surface area contributed by atoms with Gasteiger partial charge in [-0.15, -0.1) is 5.10 Å². The Kier molecular flexibility index (Phi) is 6.74. The van der Waals surface area contributed by atoms with Crippen LogP contribution < -0.4 is 5.32 Å². The average molecular weight is 445 g/mol. The zero-order valence-corrected chi connectivity index (χ0v) is 18.1. The summed E-state index contributed by atoms with van der Waals surface area (Å²) in [5.41, 5.74) is 0.0623. The van der Waals surface area contributed by atoms with Gasteiger partial charge in [0.25, 0.3) is 5.91 Å². The van der Waals surface area contributed by atoms with Gasteiger partial charge in [0, 0.05) is 16.5 Å². The number of rotatable bonds is 6. The summed E-state index contributed by atoms with van der Waals surface area (Å²) in [6, 6.07) is 10.2. The average Bonchev–Trinajstić information content (AvgIpc) is 3.23. The fraction of sp³-hybridized carbons (Fsp3) is 0.273. The van der Waals surface area contributed by atoms with Crippen molar-refractivity contribution < 1.29 is 18.4 Å². The van der Waals surface area contributed by atoms with Crippen LogP contribution in [-0.4, -0.2) is 31.8 Å². The van der Waals surface area contributed by atoms with Crippen LogP contribution in [0.2, 0.25) is 0 Å². The predicted molar refractivity (Wildman–Crippen MR) is 113 cm³/mol. The zero-order chi connectivity index (χ0) is 22.6. The molecule has 0 aliphatic rings. The van der Waals surface area contributed by atoms with Gasteiger partial charge in [-0.05, 0) is 56.1 Å². The van der Waals surface area contributed by atoms with Crippen molar-refractivity contribution in [1.29, 1.82) is 0 Å². The molecule has 2 aromatic carbocycles. The van der Waals surface area contributed by atoms with E-state index in [1.54, 1.807) is 32.9 Å². The molecule has 9 heteroatoms. The maximum atomic E-state index is 14.4. The molecule has 3 rings (SSSR count). The van der Waals surface area contributed by atoms with Crippen LogP contribution in [0.1, 0.15) is 48.4 Å². The van der Waals surface area contributed by atoms with Gasteiger partial charge in [0.2, 0.25) is 5.91 Å². The zero-order valence-electron chi connectivity index (χ0n) is 17.3. The molecule has 0 unspecified atom stereocenters. The standard InChI is InChI=1S/C22H22F2N4O2S/c1-22(2,3)25-20(29)19(14-8-10-16(23)11-9-14)28(21(30)18-13-31-27-26-18)12-15-6-4-5-7-17(15)24/h4-11,13,19H,12H2,1-3H3,(H,25,29)/t19-/m0/s1. The van der Waals surface area contributed by atoms with Gasteiger partial charge in [0.1, 0.15) is 17.7 Å². The molecular weight excluding hydrogens is 422 g/mol. The molecule has 1 atom stereocenters. The molecule has 0 aliphatic carbocycles. The number of benzene rings is 2. The number of aromatic nitrogens is 2. The molecule has 0 radical (unpaired) electrons. The number of nitrogens with zero attached hydrogens (tertiary/aromatic N) is 3. The Bertz CT molecular complexity index is 1050. The first kappa shape index (κ1) is 22.5. The Morgan fingerprint density at radius 1 is 1.10 bits per heavy atom. The number of carbonyl (C=O) groups is 2. The molecule has 31 heavy (non-hydrogen) atoms. The molecule has 2 amide bonds.